The Labute approximate surface area is 205 Å². The number of ether oxygens (including phenoxy) is 2. The van der Waals surface area contributed by atoms with Crippen molar-refractivity contribution in [2.24, 2.45) is 5.73 Å². The second kappa shape index (κ2) is 32.0. The van der Waals surface area contributed by atoms with Gasteiger partial charge in [-0.1, -0.05) is 65.2 Å². The normalized spacial score (nSPS) is 9.19. The van der Waals surface area contributed by atoms with Crippen LogP contribution in [0, 0.1) is 0 Å². The number of hydrogen-bond acceptors (Lipinski definition) is 7. The second-order valence-corrected chi connectivity index (χ2v) is 7.50. The minimum absolute atomic E-state index is 0. The van der Waals surface area contributed by atoms with Gasteiger partial charge in [0.15, 0.2) is 0 Å². The molecule has 0 aromatic heterocycles. The van der Waals surface area contributed by atoms with E-state index in [4.69, 9.17) is 17.3 Å². The number of hydrogen-bond donors (Lipinski definition) is 1. The summed E-state index contributed by atoms with van der Waals surface area (Å²) in [7, 11) is 2.65. The first-order valence-electron chi connectivity index (χ1n) is 11.3. The lowest BCUT2D eigenvalue weighted by Gasteiger charge is -2.00. The molecule has 0 bridgehead atoms. The molecule has 0 spiro atoms. The first kappa shape index (κ1) is 38.1. The van der Waals surface area contributed by atoms with Gasteiger partial charge in [0, 0.05) is 19.3 Å². The average molecular weight is 503 g/mol. The van der Waals surface area contributed by atoms with Crippen molar-refractivity contribution in [2.45, 2.75) is 104 Å². The van der Waals surface area contributed by atoms with Crippen molar-refractivity contribution < 1.29 is 28.7 Å². The highest BCUT2D eigenvalue weighted by atomic mass is 35.5. The van der Waals surface area contributed by atoms with Crippen LogP contribution in [-0.4, -0.2) is 43.7 Å². The molecule has 9 heteroatoms. The quantitative estimate of drug-likeness (QED) is 0.168. The fourth-order valence-electron chi connectivity index (χ4n) is 2.35. The number of unbranched alkanes of at least 4 members (excludes halogenated alkanes) is 8. The van der Waals surface area contributed by atoms with Crippen molar-refractivity contribution in [2.75, 3.05) is 20.8 Å². The van der Waals surface area contributed by atoms with E-state index in [0.29, 0.717) is 19.3 Å². The van der Waals surface area contributed by atoms with Crippen LogP contribution in [0.5, 0.6) is 0 Å². The van der Waals surface area contributed by atoms with Crippen LogP contribution in [0.25, 0.3) is 0 Å². The summed E-state index contributed by atoms with van der Waals surface area (Å²) in [6.45, 7) is 4.31. The third kappa shape index (κ3) is 39.3. The van der Waals surface area contributed by atoms with Gasteiger partial charge in [-0.3, -0.25) is 19.2 Å². The van der Waals surface area contributed by atoms with E-state index in [1.165, 1.54) is 52.7 Å². The van der Waals surface area contributed by atoms with Crippen molar-refractivity contribution >= 4 is 47.0 Å². The molecule has 192 valence electrons. The SMILES string of the molecule is CCCCCCCC(=O)CCC(=O)OC.CCCCCCCC(=O)Cl.COC(=O)CN.Cl. The summed E-state index contributed by atoms with van der Waals surface area (Å²) < 4.78 is 8.60. The molecule has 2 N–H and O–H groups in total. The summed E-state index contributed by atoms with van der Waals surface area (Å²) in [5, 5.41) is -0.198. The molecule has 0 radical (unpaired) electrons. The highest BCUT2D eigenvalue weighted by Gasteiger charge is 2.06. The number of rotatable bonds is 16. The van der Waals surface area contributed by atoms with Crippen molar-refractivity contribution in [3.63, 3.8) is 0 Å². The van der Waals surface area contributed by atoms with Crippen LogP contribution in [0.1, 0.15) is 104 Å². The van der Waals surface area contributed by atoms with Crippen LogP contribution >= 0.6 is 24.0 Å². The number of carbonyl (C=O) groups excluding carboxylic acids is 4. The number of esters is 2. The molecule has 0 aromatic carbocycles. The molecule has 0 heterocycles. The molecule has 0 atom stereocenters. The summed E-state index contributed by atoms with van der Waals surface area (Å²) in [4.78, 5) is 42.1. The summed E-state index contributed by atoms with van der Waals surface area (Å²) in [6, 6.07) is 0. The molecule has 0 aliphatic rings. The van der Waals surface area contributed by atoms with E-state index in [1.54, 1.807) is 0 Å². The van der Waals surface area contributed by atoms with Crippen LogP contribution in [0.3, 0.4) is 0 Å². The number of Topliss-reactive ketones (excluding diaryl/α,β-unsaturated/α-hetero) is 1. The number of ketones is 1. The fraction of sp³-hybridized carbons (Fsp3) is 0.826. The zero-order valence-electron chi connectivity index (χ0n) is 20.4. The fourth-order valence-corrected chi connectivity index (χ4v) is 2.48. The molecular weight excluding hydrogens is 457 g/mol. The van der Waals surface area contributed by atoms with Crippen LogP contribution < -0.4 is 5.73 Å². The van der Waals surface area contributed by atoms with Crippen molar-refractivity contribution in [3.05, 3.63) is 0 Å². The molecule has 0 aliphatic heterocycles. The largest absolute Gasteiger partial charge is 0.469 e. The van der Waals surface area contributed by atoms with E-state index in [0.717, 1.165) is 25.7 Å². The zero-order chi connectivity index (χ0) is 24.3. The van der Waals surface area contributed by atoms with Crippen molar-refractivity contribution in [1.82, 2.24) is 0 Å². The lowest BCUT2D eigenvalue weighted by Crippen LogP contribution is -2.14. The molecule has 0 aliphatic carbocycles. The second-order valence-electron chi connectivity index (χ2n) is 7.08. The Morgan fingerprint density at radius 3 is 1.44 bits per heavy atom. The lowest BCUT2D eigenvalue weighted by molar-refractivity contribution is -0.142. The standard InChI is InChI=1S/C12H22O3.C8H15ClO.C3H7NO2.ClH/c1-3-4-5-6-7-8-11(13)9-10-12(14)15-2;1-2-3-4-5-6-7-8(9)10;1-6-3(5)2-4;/h3-10H2,1-2H3;2-7H2,1H3;2,4H2,1H3;1H. The average Bonchev–Trinajstić information content (AvgIpc) is 2.77. The van der Waals surface area contributed by atoms with Gasteiger partial charge < -0.3 is 15.2 Å². The monoisotopic (exact) mass is 501 g/mol. The van der Waals surface area contributed by atoms with Gasteiger partial charge >= 0.3 is 11.9 Å². The van der Waals surface area contributed by atoms with Gasteiger partial charge in [0.1, 0.15) is 5.78 Å². The minimum Gasteiger partial charge on any atom is -0.469 e. The predicted octanol–water partition coefficient (Wildman–Crippen LogP) is 5.52. The Hall–Kier alpha value is -1.18. The highest BCUT2D eigenvalue weighted by Crippen LogP contribution is 2.07. The van der Waals surface area contributed by atoms with Crippen LogP contribution in [0.2, 0.25) is 0 Å². The van der Waals surface area contributed by atoms with E-state index in [2.05, 4.69) is 23.3 Å². The number of halogens is 2. The van der Waals surface area contributed by atoms with Gasteiger partial charge in [-0.05, 0) is 24.4 Å². The van der Waals surface area contributed by atoms with Gasteiger partial charge in [-0.2, -0.15) is 0 Å². The first-order valence-corrected chi connectivity index (χ1v) is 11.7. The predicted molar refractivity (Wildman–Crippen MR) is 132 cm³/mol. The zero-order valence-corrected chi connectivity index (χ0v) is 22.0. The number of nitrogens with two attached hydrogens (primary N) is 1. The van der Waals surface area contributed by atoms with Crippen LogP contribution in [0.15, 0.2) is 0 Å². The topological polar surface area (TPSA) is 113 Å². The van der Waals surface area contributed by atoms with E-state index < -0.39 is 0 Å². The molecule has 0 saturated heterocycles. The maximum atomic E-state index is 11.3. The molecular formula is C23H45Cl2NO6. The maximum Gasteiger partial charge on any atom is 0.319 e. The van der Waals surface area contributed by atoms with E-state index in [9.17, 15) is 19.2 Å². The Morgan fingerprint density at radius 1 is 0.656 bits per heavy atom. The summed E-state index contributed by atoms with van der Waals surface area (Å²) in [5.41, 5.74) is 4.81. The van der Waals surface area contributed by atoms with Gasteiger partial charge in [0.25, 0.3) is 0 Å². The molecule has 0 amide bonds. The van der Waals surface area contributed by atoms with Crippen molar-refractivity contribution in [1.29, 1.82) is 0 Å². The van der Waals surface area contributed by atoms with Crippen LogP contribution in [0.4, 0.5) is 0 Å². The molecule has 0 unspecified atom stereocenters. The van der Waals surface area contributed by atoms with Gasteiger partial charge in [-0.15, -0.1) is 12.4 Å². The summed E-state index contributed by atoms with van der Waals surface area (Å²) in [5.74, 6) is -0.499. The Balaban J connectivity index is -0.000000199. The smallest absolute Gasteiger partial charge is 0.319 e. The van der Waals surface area contributed by atoms with E-state index >= 15 is 0 Å². The van der Waals surface area contributed by atoms with Gasteiger partial charge in [0.05, 0.1) is 27.2 Å². The summed E-state index contributed by atoms with van der Waals surface area (Å²) in [6.07, 6.45) is 13.3. The Kier molecular flexibility index (Phi) is 38.1. The molecule has 0 saturated carbocycles. The summed E-state index contributed by atoms with van der Waals surface area (Å²) >= 11 is 5.15. The maximum absolute atomic E-state index is 11.3. The van der Waals surface area contributed by atoms with Gasteiger partial charge in [-0.25, -0.2) is 0 Å². The van der Waals surface area contributed by atoms with Crippen molar-refractivity contribution in [3.8, 4) is 0 Å². The molecule has 7 nitrogen and oxygen atoms in total. The van der Waals surface area contributed by atoms with E-state index in [-0.39, 0.29) is 48.3 Å². The van der Waals surface area contributed by atoms with Gasteiger partial charge in [0.2, 0.25) is 5.24 Å². The third-order valence-electron chi connectivity index (χ3n) is 4.27. The number of methoxy groups -OCH3 is 2. The Bertz CT molecular complexity index is 456. The molecule has 0 fully saturated rings. The Morgan fingerprint density at radius 2 is 1.09 bits per heavy atom. The third-order valence-corrected chi connectivity index (χ3v) is 4.46. The van der Waals surface area contributed by atoms with Crippen LogP contribution in [-0.2, 0) is 28.7 Å². The molecule has 0 rings (SSSR count). The lowest BCUT2D eigenvalue weighted by atomic mass is 10.1. The first-order chi connectivity index (χ1) is 14.8. The number of carbonyl (C=O) groups is 4. The highest BCUT2D eigenvalue weighted by molar-refractivity contribution is 6.63. The minimum atomic E-state index is -0.380. The van der Waals surface area contributed by atoms with E-state index in [1.807, 2.05) is 0 Å². The molecule has 0 aromatic rings. The molecule has 32 heavy (non-hydrogen) atoms.